The number of pyridine rings is 1. The molecule has 0 saturated heterocycles. The Kier molecular flexibility index (Phi) is 5.29. The van der Waals surface area contributed by atoms with Gasteiger partial charge in [0.05, 0.1) is 11.9 Å². The van der Waals surface area contributed by atoms with Crippen molar-refractivity contribution in [1.29, 1.82) is 0 Å². The fraction of sp³-hybridized carbons (Fsp3) is 0.333. The lowest BCUT2D eigenvalue weighted by Crippen LogP contribution is -2.28. The molecule has 3 aromatic rings. The first-order chi connectivity index (χ1) is 12.0. The van der Waals surface area contributed by atoms with E-state index in [1.165, 1.54) is 27.8 Å². The van der Waals surface area contributed by atoms with Gasteiger partial charge in [-0.25, -0.2) is 0 Å². The number of hydrogen-bond acceptors (Lipinski definition) is 3. The summed E-state index contributed by atoms with van der Waals surface area (Å²) in [5.41, 5.74) is 8.47. The first-order valence-electron chi connectivity index (χ1n) is 8.78. The van der Waals surface area contributed by atoms with Gasteiger partial charge in [0.15, 0.2) is 0 Å². The van der Waals surface area contributed by atoms with E-state index < -0.39 is 0 Å². The fourth-order valence-corrected chi connectivity index (χ4v) is 2.97. The van der Waals surface area contributed by atoms with Crippen molar-refractivity contribution >= 4 is 0 Å². The van der Waals surface area contributed by atoms with E-state index in [0.29, 0.717) is 6.04 Å². The molecule has 0 amide bonds. The van der Waals surface area contributed by atoms with E-state index in [-0.39, 0.29) is 0 Å². The van der Waals surface area contributed by atoms with Gasteiger partial charge in [-0.15, -0.1) is 0 Å². The van der Waals surface area contributed by atoms with Crippen LogP contribution < -0.4 is 5.32 Å². The van der Waals surface area contributed by atoms with Crippen LogP contribution in [0.25, 0.3) is 11.3 Å². The lowest BCUT2D eigenvalue weighted by atomic mass is 10.0. The number of H-pyrrole nitrogens is 1. The van der Waals surface area contributed by atoms with Crippen molar-refractivity contribution in [2.45, 2.75) is 46.7 Å². The molecule has 2 N–H and O–H groups in total. The van der Waals surface area contributed by atoms with E-state index in [0.717, 1.165) is 24.4 Å². The molecule has 2 heterocycles. The van der Waals surface area contributed by atoms with Gasteiger partial charge in [0.1, 0.15) is 0 Å². The molecular formula is C21H26N4. The predicted octanol–water partition coefficient (Wildman–Crippen LogP) is 4.12. The van der Waals surface area contributed by atoms with Crippen molar-refractivity contribution in [3.63, 3.8) is 0 Å². The van der Waals surface area contributed by atoms with Crippen molar-refractivity contribution in [2.24, 2.45) is 0 Å². The van der Waals surface area contributed by atoms with Gasteiger partial charge in [-0.2, -0.15) is 5.10 Å². The summed E-state index contributed by atoms with van der Waals surface area (Å²) in [5.74, 6) is 0. The SMILES string of the molecule is Cc1ccc(-c2[nH]ncc2CN[C@@H](C)Cc2ncccc2C)cc1C. The summed E-state index contributed by atoms with van der Waals surface area (Å²) in [6, 6.07) is 11.0. The molecule has 25 heavy (non-hydrogen) atoms. The van der Waals surface area contributed by atoms with E-state index in [1.807, 2.05) is 18.5 Å². The van der Waals surface area contributed by atoms with Gasteiger partial charge in [0.25, 0.3) is 0 Å². The minimum Gasteiger partial charge on any atom is -0.310 e. The minimum atomic E-state index is 0.344. The number of aryl methyl sites for hydroxylation is 3. The number of benzene rings is 1. The molecule has 0 unspecified atom stereocenters. The van der Waals surface area contributed by atoms with E-state index in [4.69, 9.17) is 0 Å². The van der Waals surface area contributed by atoms with Gasteiger partial charge in [-0.3, -0.25) is 10.1 Å². The highest BCUT2D eigenvalue weighted by molar-refractivity contribution is 5.64. The van der Waals surface area contributed by atoms with Gasteiger partial charge in [-0.05, 0) is 56.5 Å². The molecule has 0 radical (unpaired) electrons. The number of hydrogen-bond donors (Lipinski definition) is 2. The molecule has 0 bridgehead atoms. The van der Waals surface area contributed by atoms with Crippen LogP contribution in [0, 0.1) is 20.8 Å². The summed E-state index contributed by atoms with van der Waals surface area (Å²) >= 11 is 0. The van der Waals surface area contributed by atoms with Crippen LogP contribution in [0.1, 0.15) is 34.9 Å². The molecule has 0 spiro atoms. The summed E-state index contributed by atoms with van der Waals surface area (Å²) in [6.07, 6.45) is 4.70. The number of aromatic amines is 1. The Hall–Kier alpha value is -2.46. The van der Waals surface area contributed by atoms with Crippen LogP contribution >= 0.6 is 0 Å². The van der Waals surface area contributed by atoms with Crippen LogP contribution in [-0.4, -0.2) is 21.2 Å². The molecule has 0 aliphatic rings. The number of rotatable bonds is 6. The maximum absolute atomic E-state index is 4.49. The highest BCUT2D eigenvalue weighted by atomic mass is 15.1. The van der Waals surface area contributed by atoms with Crippen LogP contribution in [0.2, 0.25) is 0 Å². The normalized spacial score (nSPS) is 12.3. The Morgan fingerprint density at radius 3 is 2.68 bits per heavy atom. The van der Waals surface area contributed by atoms with Crippen molar-refractivity contribution in [1.82, 2.24) is 20.5 Å². The predicted molar refractivity (Wildman–Crippen MR) is 102 cm³/mol. The first kappa shape index (κ1) is 17.4. The Balaban J connectivity index is 1.67. The van der Waals surface area contributed by atoms with Crippen molar-refractivity contribution in [3.05, 3.63) is 70.7 Å². The second kappa shape index (κ2) is 7.62. The van der Waals surface area contributed by atoms with E-state index in [9.17, 15) is 0 Å². The summed E-state index contributed by atoms with van der Waals surface area (Å²) in [4.78, 5) is 4.49. The quantitative estimate of drug-likeness (QED) is 0.713. The van der Waals surface area contributed by atoms with Gasteiger partial charge >= 0.3 is 0 Å². The largest absolute Gasteiger partial charge is 0.310 e. The summed E-state index contributed by atoms with van der Waals surface area (Å²) in [5, 5.41) is 11.0. The number of nitrogens with one attached hydrogen (secondary N) is 2. The van der Waals surface area contributed by atoms with Gasteiger partial charge in [0, 0.05) is 42.0 Å². The zero-order valence-corrected chi connectivity index (χ0v) is 15.4. The Labute approximate surface area is 149 Å². The molecular weight excluding hydrogens is 308 g/mol. The van der Waals surface area contributed by atoms with Crippen LogP contribution in [-0.2, 0) is 13.0 Å². The fourth-order valence-electron chi connectivity index (χ4n) is 2.97. The third-order valence-electron chi connectivity index (χ3n) is 4.77. The van der Waals surface area contributed by atoms with Gasteiger partial charge in [0.2, 0.25) is 0 Å². The molecule has 2 aromatic heterocycles. The molecule has 0 fully saturated rings. The van der Waals surface area contributed by atoms with Crippen molar-refractivity contribution in [2.75, 3.05) is 0 Å². The average Bonchev–Trinajstić information content (AvgIpc) is 3.06. The van der Waals surface area contributed by atoms with Crippen LogP contribution in [0.15, 0.2) is 42.7 Å². The summed E-state index contributed by atoms with van der Waals surface area (Å²) in [7, 11) is 0. The zero-order valence-electron chi connectivity index (χ0n) is 15.4. The van der Waals surface area contributed by atoms with E-state index >= 15 is 0 Å². The average molecular weight is 334 g/mol. The summed E-state index contributed by atoms with van der Waals surface area (Å²) < 4.78 is 0. The molecule has 4 nitrogen and oxygen atoms in total. The maximum atomic E-state index is 4.49. The lowest BCUT2D eigenvalue weighted by molar-refractivity contribution is 0.539. The van der Waals surface area contributed by atoms with Gasteiger partial charge < -0.3 is 5.32 Å². The van der Waals surface area contributed by atoms with Crippen LogP contribution in [0.5, 0.6) is 0 Å². The highest BCUT2D eigenvalue weighted by Crippen LogP contribution is 2.23. The Morgan fingerprint density at radius 1 is 1.08 bits per heavy atom. The van der Waals surface area contributed by atoms with Crippen molar-refractivity contribution in [3.8, 4) is 11.3 Å². The lowest BCUT2D eigenvalue weighted by Gasteiger charge is -2.15. The maximum Gasteiger partial charge on any atom is 0.0695 e. The standard InChI is InChI=1S/C21H26N4/c1-14-7-8-18(10-16(14)3)21-19(13-24-25-21)12-23-17(4)11-20-15(2)6-5-9-22-20/h5-10,13,17,23H,11-12H2,1-4H3,(H,24,25)/t17-/m0/s1. The Bertz CT molecular complexity index is 851. The van der Waals surface area contributed by atoms with Crippen LogP contribution in [0.3, 0.4) is 0 Å². The number of aromatic nitrogens is 3. The zero-order chi connectivity index (χ0) is 17.8. The topological polar surface area (TPSA) is 53.6 Å². The first-order valence-corrected chi connectivity index (χ1v) is 8.78. The molecule has 1 atom stereocenters. The molecule has 4 heteroatoms. The van der Waals surface area contributed by atoms with E-state index in [2.05, 4.69) is 72.5 Å². The highest BCUT2D eigenvalue weighted by Gasteiger charge is 2.11. The van der Waals surface area contributed by atoms with Crippen molar-refractivity contribution < 1.29 is 0 Å². The molecule has 0 aliphatic carbocycles. The van der Waals surface area contributed by atoms with Gasteiger partial charge in [-0.1, -0.05) is 18.2 Å². The monoisotopic (exact) mass is 334 g/mol. The molecule has 1 aromatic carbocycles. The minimum absolute atomic E-state index is 0.344. The van der Waals surface area contributed by atoms with Crippen LogP contribution in [0.4, 0.5) is 0 Å². The molecule has 0 saturated carbocycles. The summed E-state index contributed by atoms with van der Waals surface area (Å²) in [6.45, 7) is 9.37. The second-order valence-corrected chi connectivity index (χ2v) is 6.82. The third-order valence-corrected chi connectivity index (χ3v) is 4.77. The van der Waals surface area contributed by atoms with E-state index in [1.54, 1.807) is 0 Å². The third kappa shape index (κ3) is 4.15. The smallest absolute Gasteiger partial charge is 0.0695 e. The Morgan fingerprint density at radius 2 is 1.92 bits per heavy atom. The second-order valence-electron chi connectivity index (χ2n) is 6.82. The molecule has 0 aliphatic heterocycles. The molecule has 3 rings (SSSR count). The number of nitrogens with zero attached hydrogens (tertiary/aromatic N) is 2. The molecule has 130 valence electrons.